The highest BCUT2D eigenvalue weighted by molar-refractivity contribution is 5.42. The van der Waals surface area contributed by atoms with Gasteiger partial charge in [-0.05, 0) is 24.6 Å². The molecule has 4 heteroatoms. The van der Waals surface area contributed by atoms with Gasteiger partial charge in [0.1, 0.15) is 0 Å². The molecule has 0 bridgehead atoms. The minimum absolute atomic E-state index is 0.163. The zero-order chi connectivity index (χ0) is 11.5. The van der Waals surface area contributed by atoms with E-state index in [1.54, 1.807) is 13.2 Å². The molecule has 1 aromatic rings. The number of morpholine rings is 1. The predicted molar refractivity (Wildman–Crippen MR) is 60.8 cm³/mol. The second kappa shape index (κ2) is 4.72. The van der Waals surface area contributed by atoms with Crippen LogP contribution in [0.15, 0.2) is 18.2 Å². The zero-order valence-electron chi connectivity index (χ0n) is 9.56. The maximum Gasteiger partial charge on any atom is 0.160 e. The molecule has 0 spiro atoms. The number of phenols is 1. The van der Waals surface area contributed by atoms with Gasteiger partial charge < -0.3 is 19.9 Å². The van der Waals surface area contributed by atoms with E-state index in [4.69, 9.17) is 9.47 Å². The number of nitrogens with one attached hydrogen (secondary N) is 1. The Morgan fingerprint density at radius 3 is 2.94 bits per heavy atom. The molecule has 2 atom stereocenters. The molecule has 0 aliphatic carbocycles. The van der Waals surface area contributed by atoms with Gasteiger partial charge in [0.05, 0.1) is 25.9 Å². The lowest BCUT2D eigenvalue weighted by molar-refractivity contribution is 0.0149. The lowest BCUT2D eigenvalue weighted by atomic mass is 10.1. The van der Waals surface area contributed by atoms with Gasteiger partial charge in [-0.1, -0.05) is 6.07 Å². The van der Waals surface area contributed by atoms with Crippen molar-refractivity contribution in [3.8, 4) is 11.5 Å². The summed E-state index contributed by atoms with van der Waals surface area (Å²) in [6.07, 6.45) is 0.260. The predicted octanol–water partition coefficient (Wildman–Crippen LogP) is 1.45. The Balaban J connectivity index is 2.14. The topological polar surface area (TPSA) is 50.7 Å². The van der Waals surface area contributed by atoms with Crippen molar-refractivity contribution in [2.45, 2.75) is 19.1 Å². The van der Waals surface area contributed by atoms with Crippen LogP contribution in [-0.2, 0) is 4.74 Å². The smallest absolute Gasteiger partial charge is 0.160 e. The van der Waals surface area contributed by atoms with E-state index < -0.39 is 0 Å². The molecule has 1 aliphatic rings. The van der Waals surface area contributed by atoms with Crippen molar-refractivity contribution < 1.29 is 14.6 Å². The Morgan fingerprint density at radius 2 is 2.31 bits per heavy atom. The number of aromatic hydroxyl groups is 1. The molecule has 2 N–H and O–H groups in total. The van der Waals surface area contributed by atoms with Crippen molar-refractivity contribution in [1.29, 1.82) is 0 Å². The fourth-order valence-corrected chi connectivity index (χ4v) is 1.81. The van der Waals surface area contributed by atoms with Crippen LogP contribution in [0.1, 0.15) is 18.5 Å². The van der Waals surface area contributed by atoms with E-state index in [-0.39, 0.29) is 17.9 Å². The van der Waals surface area contributed by atoms with Crippen LogP contribution < -0.4 is 10.1 Å². The third-order valence-electron chi connectivity index (χ3n) is 2.81. The first kappa shape index (κ1) is 11.2. The van der Waals surface area contributed by atoms with Crippen LogP contribution in [0, 0.1) is 0 Å². The molecule has 4 nitrogen and oxygen atoms in total. The van der Waals surface area contributed by atoms with Gasteiger partial charge >= 0.3 is 0 Å². The summed E-state index contributed by atoms with van der Waals surface area (Å²) < 4.78 is 10.7. The number of hydrogen-bond donors (Lipinski definition) is 2. The summed E-state index contributed by atoms with van der Waals surface area (Å²) in [5.41, 5.74) is 1.07. The van der Waals surface area contributed by atoms with E-state index in [9.17, 15) is 5.11 Å². The van der Waals surface area contributed by atoms with Gasteiger partial charge in [-0.15, -0.1) is 0 Å². The molecule has 0 radical (unpaired) electrons. The maximum absolute atomic E-state index is 9.50. The van der Waals surface area contributed by atoms with E-state index in [0.717, 1.165) is 12.1 Å². The zero-order valence-corrected chi connectivity index (χ0v) is 9.56. The van der Waals surface area contributed by atoms with E-state index in [1.165, 1.54) is 0 Å². The molecule has 2 rings (SSSR count). The number of rotatable bonds is 2. The van der Waals surface area contributed by atoms with Crippen LogP contribution >= 0.6 is 0 Å². The van der Waals surface area contributed by atoms with E-state index >= 15 is 0 Å². The average Bonchev–Trinajstić information content (AvgIpc) is 2.31. The molecule has 1 fully saturated rings. The van der Waals surface area contributed by atoms with Crippen LogP contribution in [0.4, 0.5) is 0 Å². The quantitative estimate of drug-likeness (QED) is 0.796. The molecule has 1 aliphatic heterocycles. The highest BCUT2D eigenvalue weighted by Crippen LogP contribution is 2.29. The number of ether oxygens (including phenoxy) is 2. The normalized spacial score (nSPS) is 25.4. The van der Waals surface area contributed by atoms with Crippen molar-refractivity contribution in [1.82, 2.24) is 5.32 Å². The van der Waals surface area contributed by atoms with Gasteiger partial charge in [-0.3, -0.25) is 0 Å². The highest BCUT2D eigenvalue weighted by atomic mass is 16.5. The average molecular weight is 223 g/mol. The van der Waals surface area contributed by atoms with Crippen molar-refractivity contribution >= 4 is 0 Å². The summed E-state index contributed by atoms with van der Waals surface area (Å²) in [6.45, 7) is 3.53. The summed E-state index contributed by atoms with van der Waals surface area (Å²) >= 11 is 0. The summed E-state index contributed by atoms with van der Waals surface area (Å²) in [4.78, 5) is 0. The van der Waals surface area contributed by atoms with Gasteiger partial charge in [-0.2, -0.15) is 0 Å². The Hall–Kier alpha value is -1.26. The molecule has 16 heavy (non-hydrogen) atoms. The molecule has 88 valence electrons. The number of benzene rings is 1. The lowest BCUT2D eigenvalue weighted by Crippen LogP contribution is -2.39. The maximum atomic E-state index is 9.50. The minimum atomic E-state index is 0.163. The van der Waals surface area contributed by atoms with E-state index in [0.29, 0.717) is 12.4 Å². The van der Waals surface area contributed by atoms with Gasteiger partial charge in [0.2, 0.25) is 0 Å². The van der Waals surface area contributed by atoms with Gasteiger partial charge in [-0.25, -0.2) is 0 Å². The van der Waals surface area contributed by atoms with Crippen molar-refractivity contribution in [3.05, 3.63) is 23.8 Å². The molecule has 0 saturated carbocycles. The molecule has 2 unspecified atom stereocenters. The van der Waals surface area contributed by atoms with Crippen LogP contribution in [0.25, 0.3) is 0 Å². The van der Waals surface area contributed by atoms with E-state index in [2.05, 4.69) is 5.32 Å². The van der Waals surface area contributed by atoms with Crippen LogP contribution in [0.5, 0.6) is 11.5 Å². The Labute approximate surface area is 95.2 Å². The number of phenolic OH excluding ortho intramolecular Hbond substituents is 1. The standard InChI is InChI=1S/C12H17NO3/c1-8-6-13-10(7-16-8)9-3-4-11(14)12(5-9)15-2/h3-5,8,10,13-14H,6-7H2,1-2H3. The number of hydrogen-bond acceptors (Lipinski definition) is 4. The Kier molecular flexibility index (Phi) is 3.31. The summed E-state index contributed by atoms with van der Waals surface area (Å²) in [5.74, 6) is 0.661. The third-order valence-corrected chi connectivity index (χ3v) is 2.81. The minimum Gasteiger partial charge on any atom is -0.504 e. The highest BCUT2D eigenvalue weighted by Gasteiger charge is 2.20. The molecule has 0 amide bonds. The molecule has 1 saturated heterocycles. The monoisotopic (exact) mass is 223 g/mol. The Morgan fingerprint density at radius 1 is 1.50 bits per heavy atom. The molecule has 1 aromatic carbocycles. The first-order valence-electron chi connectivity index (χ1n) is 5.42. The fraction of sp³-hybridized carbons (Fsp3) is 0.500. The Bertz CT molecular complexity index is 359. The number of methoxy groups -OCH3 is 1. The van der Waals surface area contributed by atoms with E-state index in [1.807, 2.05) is 19.1 Å². The second-order valence-corrected chi connectivity index (χ2v) is 4.04. The largest absolute Gasteiger partial charge is 0.504 e. The van der Waals surface area contributed by atoms with Crippen molar-refractivity contribution in [2.24, 2.45) is 0 Å². The molecular formula is C12H17NO3. The van der Waals surface area contributed by atoms with Crippen molar-refractivity contribution in [2.75, 3.05) is 20.3 Å². The molecule has 0 aromatic heterocycles. The van der Waals surface area contributed by atoms with Crippen LogP contribution in [-0.4, -0.2) is 31.5 Å². The summed E-state index contributed by atoms with van der Waals surface area (Å²) in [6, 6.07) is 5.54. The molecular weight excluding hydrogens is 206 g/mol. The van der Waals surface area contributed by atoms with Crippen molar-refractivity contribution in [3.63, 3.8) is 0 Å². The SMILES string of the molecule is COc1cc(C2COC(C)CN2)ccc1O. The second-order valence-electron chi connectivity index (χ2n) is 4.04. The summed E-state index contributed by atoms with van der Waals surface area (Å²) in [7, 11) is 1.55. The lowest BCUT2D eigenvalue weighted by Gasteiger charge is -2.28. The summed E-state index contributed by atoms with van der Waals surface area (Å²) in [5, 5.41) is 12.9. The fourth-order valence-electron chi connectivity index (χ4n) is 1.81. The first-order valence-corrected chi connectivity index (χ1v) is 5.42. The third kappa shape index (κ3) is 2.28. The van der Waals surface area contributed by atoms with Gasteiger partial charge in [0.25, 0.3) is 0 Å². The first-order chi connectivity index (χ1) is 7.70. The molecule has 1 heterocycles. The van der Waals surface area contributed by atoms with Crippen LogP contribution in [0.2, 0.25) is 0 Å². The van der Waals surface area contributed by atoms with Gasteiger partial charge in [0, 0.05) is 6.54 Å². The van der Waals surface area contributed by atoms with Gasteiger partial charge in [0.15, 0.2) is 11.5 Å². The van der Waals surface area contributed by atoms with Crippen LogP contribution in [0.3, 0.4) is 0 Å².